The van der Waals surface area contributed by atoms with E-state index in [1.807, 2.05) is 37.3 Å². The number of morpholine rings is 1. The Hall–Kier alpha value is -1.76. The van der Waals surface area contributed by atoms with Gasteiger partial charge in [0.2, 0.25) is 0 Å². The van der Waals surface area contributed by atoms with Gasteiger partial charge in [-0.3, -0.25) is 4.79 Å². The molecule has 0 atom stereocenters. The van der Waals surface area contributed by atoms with Crippen molar-refractivity contribution in [3.8, 4) is 0 Å². The lowest BCUT2D eigenvalue weighted by Crippen LogP contribution is -2.37. The molecule has 27 heavy (non-hydrogen) atoms. The van der Waals surface area contributed by atoms with E-state index in [1.54, 1.807) is 11.8 Å². The number of carbonyl (C=O) groups excluding carboxylic acids is 1. The molecule has 1 N–H and O–H groups in total. The van der Waals surface area contributed by atoms with Crippen molar-refractivity contribution in [3.63, 3.8) is 0 Å². The first-order valence-corrected chi connectivity index (χ1v) is 10.4. The second kappa shape index (κ2) is 9.44. The fourth-order valence-electron chi connectivity index (χ4n) is 3.00. The highest BCUT2D eigenvalue weighted by atomic mass is 35.5. The summed E-state index contributed by atoms with van der Waals surface area (Å²) in [6.07, 6.45) is 0. The van der Waals surface area contributed by atoms with E-state index in [2.05, 4.69) is 17.1 Å². The van der Waals surface area contributed by atoms with Gasteiger partial charge in [-0.05, 0) is 36.4 Å². The van der Waals surface area contributed by atoms with Crippen LogP contribution < -0.4 is 10.2 Å². The fraction of sp³-hybridized carbons (Fsp3) is 0.400. The molecule has 1 aromatic carbocycles. The van der Waals surface area contributed by atoms with Gasteiger partial charge in [0, 0.05) is 29.6 Å². The van der Waals surface area contributed by atoms with Crippen LogP contribution in [0.25, 0.3) is 0 Å². The van der Waals surface area contributed by atoms with E-state index in [4.69, 9.17) is 21.3 Å². The fourth-order valence-corrected chi connectivity index (χ4v) is 4.01. The number of aryl methyl sites for hydroxylation is 1. The number of amides is 1. The maximum Gasteiger partial charge on any atom is 0.254 e. The summed E-state index contributed by atoms with van der Waals surface area (Å²) < 4.78 is 5.43. The maximum atomic E-state index is 12.9. The predicted octanol–water partition coefficient (Wildman–Crippen LogP) is 3.92. The number of halogens is 1. The molecule has 1 aliphatic rings. The van der Waals surface area contributed by atoms with Crippen molar-refractivity contribution in [3.05, 3.63) is 52.2 Å². The van der Waals surface area contributed by atoms with Crippen molar-refractivity contribution in [2.24, 2.45) is 0 Å². The Morgan fingerprint density at radius 1 is 1.30 bits per heavy atom. The van der Waals surface area contributed by atoms with E-state index in [9.17, 15) is 4.79 Å². The van der Waals surface area contributed by atoms with Crippen LogP contribution in [0.1, 0.15) is 28.5 Å². The topological polar surface area (TPSA) is 54.5 Å². The Kier molecular flexibility index (Phi) is 6.99. The molecule has 1 amide bonds. The zero-order valence-corrected chi connectivity index (χ0v) is 17.2. The summed E-state index contributed by atoms with van der Waals surface area (Å²) in [5.74, 6) is 1.71. The van der Waals surface area contributed by atoms with Crippen LogP contribution in [0.2, 0.25) is 5.02 Å². The molecule has 0 bridgehead atoms. The average molecular weight is 406 g/mol. The summed E-state index contributed by atoms with van der Waals surface area (Å²) in [6, 6.07) is 9.51. The third kappa shape index (κ3) is 5.15. The van der Waals surface area contributed by atoms with Crippen molar-refractivity contribution in [1.82, 2.24) is 10.3 Å². The zero-order chi connectivity index (χ0) is 19.2. The Morgan fingerprint density at radius 2 is 2.00 bits per heavy atom. The summed E-state index contributed by atoms with van der Waals surface area (Å²) in [5, 5.41) is 3.69. The average Bonchev–Trinajstić information content (AvgIpc) is 2.68. The van der Waals surface area contributed by atoms with Crippen LogP contribution in [0.5, 0.6) is 0 Å². The molecular weight excluding hydrogens is 382 g/mol. The van der Waals surface area contributed by atoms with E-state index in [0.717, 1.165) is 40.8 Å². The molecule has 2 aromatic rings. The number of nitrogens with zero attached hydrogens (tertiary/aromatic N) is 2. The largest absolute Gasteiger partial charge is 0.378 e. The number of thioether (sulfide) groups is 1. The number of ether oxygens (including phenoxy) is 1. The first kappa shape index (κ1) is 20.0. The van der Waals surface area contributed by atoms with Crippen molar-refractivity contribution in [1.29, 1.82) is 0 Å². The number of benzene rings is 1. The molecule has 1 fully saturated rings. The van der Waals surface area contributed by atoms with Crippen LogP contribution in [0.3, 0.4) is 0 Å². The molecule has 5 nitrogen and oxygen atoms in total. The van der Waals surface area contributed by atoms with Gasteiger partial charge in [-0.1, -0.05) is 30.7 Å². The van der Waals surface area contributed by atoms with Crippen LogP contribution in [-0.2, 0) is 11.3 Å². The lowest BCUT2D eigenvalue weighted by atomic mass is 10.1. The quantitative estimate of drug-likeness (QED) is 0.738. The Labute approximate surface area is 169 Å². The Bertz CT molecular complexity index is 793. The van der Waals surface area contributed by atoms with Gasteiger partial charge in [0.15, 0.2) is 0 Å². The Balaban J connectivity index is 1.79. The number of hydrogen-bond acceptors (Lipinski definition) is 5. The number of pyridine rings is 1. The van der Waals surface area contributed by atoms with E-state index in [0.29, 0.717) is 30.3 Å². The number of rotatable bonds is 6. The number of nitrogens with one attached hydrogen (secondary N) is 1. The standard InChI is InChI=1S/C20H24ClN3O2S/c1-3-27-17-12-18(24-8-10-26-11-9-24)23-14(2)19(17)20(25)22-13-15-4-6-16(21)7-5-15/h4-7,12H,3,8-11,13H2,1-2H3,(H,22,25). The molecule has 0 saturated carbocycles. The highest BCUT2D eigenvalue weighted by molar-refractivity contribution is 7.99. The molecule has 0 aliphatic carbocycles. The summed E-state index contributed by atoms with van der Waals surface area (Å²) in [7, 11) is 0. The summed E-state index contributed by atoms with van der Waals surface area (Å²) in [6.45, 7) is 7.51. The van der Waals surface area contributed by atoms with Gasteiger partial charge in [-0.25, -0.2) is 4.98 Å². The van der Waals surface area contributed by atoms with E-state index in [1.165, 1.54) is 0 Å². The van der Waals surface area contributed by atoms with Gasteiger partial charge in [0.1, 0.15) is 5.82 Å². The highest BCUT2D eigenvalue weighted by Crippen LogP contribution is 2.29. The lowest BCUT2D eigenvalue weighted by molar-refractivity contribution is 0.0946. The number of carbonyl (C=O) groups is 1. The summed E-state index contributed by atoms with van der Waals surface area (Å²) in [5.41, 5.74) is 2.42. The van der Waals surface area contributed by atoms with Crippen molar-refractivity contribution >= 4 is 35.1 Å². The molecule has 144 valence electrons. The minimum atomic E-state index is -0.0978. The van der Waals surface area contributed by atoms with Crippen LogP contribution in [0.4, 0.5) is 5.82 Å². The van der Waals surface area contributed by atoms with Crippen LogP contribution >= 0.6 is 23.4 Å². The first-order valence-electron chi connectivity index (χ1n) is 9.08. The molecule has 0 unspecified atom stereocenters. The summed E-state index contributed by atoms with van der Waals surface area (Å²) in [4.78, 5) is 20.8. The van der Waals surface area contributed by atoms with Gasteiger partial charge in [0.05, 0.1) is 24.5 Å². The first-order chi connectivity index (χ1) is 13.1. The summed E-state index contributed by atoms with van der Waals surface area (Å²) >= 11 is 7.59. The monoisotopic (exact) mass is 405 g/mol. The third-order valence-electron chi connectivity index (χ3n) is 4.38. The minimum Gasteiger partial charge on any atom is -0.378 e. The SMILES string of the molecule is CCSc1cc(N2CCOCC2)nc(C)c1C(=O)NCc1ccc(Cl)cc1. The number of anilines is 1. The molecule has 1 aliphatic heterocycles. The highest BCUT2D eigenvalue weighted by Gasteiger charge is 2.20. The second-order valence-corrected chi connectivity index (χ2v) is 8.02. The maximum absolute atomic E-state index is 12.9. The van der Waals surface area contributed by atoms with Gasteiger partial charge in [-0.15, -0.1) is 11.8 Å². The lowest BCUT2D eigenvalue weighted by Gasteiger charge is -2.29. The number of aromatic nitrogens is 1. The number of hydrogen-bond donors (Lipinski definition) is 1. The Morgan fingerprint density at radius 3 is 2.67 bits per heavy atom. The van der Waals surface area contributed by atoms with Crippen LogP contribution in [-0.4, -0.2) is 42.9 Å². The normalized spacial score (nSPS) is 14.3. The van der Waals surface area contributed by atoms with Crippen molar-refractivity contribution in [2.45, 2.75) is 25.3 Å². The van der Waals surface area contributed by atoms with Gasteiger partial charge >= 0.3 is 0 Å². The van der Waals surface area contributed by atoms with Crippen LogP contribution in [0, 0.1) is 6.92 Å². The molecule has 0 spiro atoms. The predicted molar refractivity (Wildman–Crippen MR) is 111 cm³/mol. The molecule has 3 rings (SSSR count). The minimum absolute atomic E-state index is 0.0978. The van der Waals surface area contributed by atoms with E-state index >= 15 is 0 Å². The second-order valence-electron chi connectivity index (χ2n) is 6.28. The van der Waals surface area contributed by atoms with Crippen LogP contribution in [0.15, 0.2) is 35.2 Å². The van der Waals surface area contributed by atoms with Crippen molar-refractivity contribution in [2.75, 3.05) is 37.0 Å². The molecule has 2 heterocycles. The molecule has 1 aromatic heterocycles. The zero-order valence-electron chi connectivity index (χ0n) is 15.6. The van der Waals surface area contributed by atoms with Gasteiger partial charge < -0.3 is 15.0 Å². The molecule has 7 heteroatoms. The third-order valence-corrected chi connectivity index (χ3v) is 5.55. The molecule has 0 radical (unpaired) electrons. The smallest absolute Gasteiger partial charge is 0.254 e. The molecular formula is C20H24ClN3O2S. The van der Waals surface area contributed by atoms with Crippen molar-refractivity contribution < 1.29 is 9.53 Å². The van der Waals surface area contributed by atoms with E-state index < -0.39 is 0 Å². The molecule has 1 saturated heterocycles. The van der Waals surface area contributed by atoms with E-state index in [-0.39, 0.29) is 5.91 Å². The van der Waals surface area contributed by atoms with Gasteiger partial charge in [0.25, 0.3) is 5.91 Å². The van der Waals surface area contributed by atoms with Gasteiger partial charge in [-0.2, -0.15) is 0 Å².